The largest absolute Gasteiger partial charge is 0.480 e. The summed E-state index contributed by atoms with van der Waals surface area (Å²) in [7, 11) is 0. The SMILES string of the molecule is CCNCC(C)C(=O)N1CC(C)(OCC(=O)O)C1. The summed E-state index contributed by atoms with van der Waals surface area (Å²) in [5.74, 6) is -0.956. The van der Waals surface area contributed by atoms with Gasteiger partial charge in [-0.2, -0.15) is 0 Å². The average Bonchev–Trinajstić information content (AvgIpc) is 2.28. The maximum absolute atomic E-state index is 12.0. The van der Waals surface area contributed by atoms with Crippen LogP contribution in [0.25, 0.3) is 0 Å². The van der Waals surface area contributed by atoms with E-state index in [4.69, 9.17) is 9.84 Å². The predicted octanol–water partition coefficient (Wildman–Crippen LogP) is -0.0659. The van der Waals surface area contributed by atoms with Crippen molar-refractivity contribution in [1.82, 2.24) is 10.2 Å². The fourth-order valence-corrected chi connectivity index (χ4v) is 2.00. The van der Waals surface area contributed by atoms with E-state index in [0.29, 0.717) is 19.6 Å². The molecule has 0 saturated carbocycles. The lowest BCUT2D eigenvalue weighted by atomic mass is 9.94. The Bertz CT molecular complexity index is 313. The van der Waals surface area contributed by atoms with E-state index >= 15 is 0 Å². The van der Waals surface area contributed by atoms with Crippen LogP contribution in [-0.2, 0) is 14.3 Å². The molecular weight excluding hydrogens is 236 g/mol. The molecule has 0 radical (unpaired) electrons. The van der Waals surface area contributed by atoms with Crippen LogP contribution in [0.3, 0.4) is 0 Å². The minimum absolute atomic E-state index is 0.0611. The number of amides is 1. The summed E-state index contributed by atoms with van der Waals surface area (Å²) in [5.41, 5.74) is -0.508. The zero-order valence-electron chi connectivity index (χ0n) is 11.2. The van der Waals surface area contributed by atoms with Crippen LogP contribution in [0.2, 0.25) is 0 Å². The molecule has 1 fully saturated rings. The van der Waals surface area contributed by atoms with E-state index in [1.54, 1.807) is 4.90 Å². The molecule has 2 N–H and O–H groups in total. The molecule has 1 heterocycles. The van der Waals surface area contributed by atoms with Crippen LogP contribution < -0.4 is 5.32 Å². The van der Waals surface area contributed by atoms with Crippen molar-refractivity contribution < 1.29 is 19.4 Å². The minimum Gasteiger partial charge on any atom is -0.480 e. The van der Waals surface area contributed by atoms with Crippen molar-refractivity contribution >= 4 is 11.9 Å². The topological polar surface area (TPSA) is 78.9 Å². The van der Waals surface area contributed by atoms with Gasteiger partial charge in [-0.3, -0.25) is 4.79 Å². The van der Waals surface area contributed by atoms with E-state index in [9.17, 15) is 9.59 Å². The standard InChI is InChI=1S/C12H22N2O4/c1-4-13-5-9(2)11(17)14-7-12(3,8-14)18-6-10(15)16/h9,13H,4-8H2,1-3H3,(H,15,16). The van der Waals surface area contributed by atoms with E-state index in [2.05, 4.69) is 5.32 Å². The minimum atomic E-state index is -0.985. The van der Waals surface area contributed by atoms with Gasteiger partial charge in [-0.25, -0.2) is 4.79 Å². The molecule has 0 aromatic heterocycles. The second kappa shape index (κ2) is 6.15. The lowest BCUT2D eigenvalue weighted by Gasteiger charge is -2.48. The van der Waals surface area contributed by atoms with Gasteiger partial charge in [0.15, 0.2) is 0 Å². The number of rotatable bonds is 7. The van der Waals surface area contributed by atoms with Crippen LogP contribution in [0.15, 0.2) is 0 Å². The molecule has 1 rings (SSSR count). The van der Waals surface area contributed by atoms with Crippen LogP contribution in [-0.4, -0.2) is 60.3 Å². The highest BCUT2D eigenvalue weighted by Crippen LogP contribution is 2.25. The van der Waals surface area contributed by atoms with Crippen molar-refractivity contribution in [2.24, 2.45) is 5.92 Å². The molecule has 1 amide bonds. The lowest BCUT2D eigenvalue weighted by Crippen LogP contribution is -2.64. The van der Waals surface area contributed by atoms with E-state index in [-0.39, 0.29) is 18.4 Å². The van der Waals surface area contributed by atoms with Gasteiger partial charge in [0.2, 0.25) is 5.91 Å². The van der Waals surface area contributed by atoms with Crippen LogP contribution in [0.4, 0.5) is 0 Å². The van der Waals surface area contributed by atoms with E-state index in [0.717, 1.165) is 6.54 Å². The molecule has 1 aliphatic heterocycles. The first kappa shape index (κ1) is 14.9. The van der Waals surface area contributed by atoms with Crippen molar-refractivity contribution in [1.29, 1.82) is 0 Å². The number of nitrogens with one attached hydrogen (secondary N) is 1. The van der Waals surface area contributed by atoms with E-state index < -0.39 is 11.6 Å². The first-order valence-electron chi connectivity index (χ1n) is 6.23. The molecule has 6 nitrogen and oxygen atoms in total. The predicted molar refractivity (Wildman–Crippen MR) is 66.3 cm³/mol. The third-order valence-corrected chi connectivity index (χ3v) is 3.03. The first-order chi connectivity index (χ1) is 8.38. The number of ether oxygens (including phenoxy) is 1. The number of hydrogen-bond donors (Lipinski definition) is 2. The normalized spacial score (nSPS) is 19.2. The lowest BCUT2D eigenvalue weighted by molar-refractivity contribution is -0.175. The molecule has 0 spiro atoms. The first-order valence-corrected chi connectivity index (χ1v) is 6.23. The molecule has 1 saturated heterocycles. The van der Waals surface area contributed by atoms with Gasteiger partial charge < -0.3 is 20.1 Å². The van der Waals surface area contributed by atoms with E-state index in [1.165, 1.54) is 0 Å². The highest BCUT2D eigenvalue weighted by Gasteiger charge is 2.43. The Morgan fingerprint density at radius 3 is 2.61 bits per heavy atom. The van der Waals surface area contributed by atoms with Crippen molar-refractivity contribution in [2.45, 2.75) is 26.4 Å². The Morgan fingerprint density at radius 2 is 2.11 bits per heavy atom. The van der Waals surface area contributed by atoms with Gasteiger partial charge in [0, 0.05) is 12.5 Å². The molecule has 0 aliphatic carbocycles. The number of nitrogens with zero attached hydrogens (tertiary/aromatic N) is 1. The number of carbonyl (C=O) groups excluding carboxylic acids is 1. The third kappa shape index (κ3) is 3.96. The molecule has 1 atom stereocenters. The summed E-state index contributed by atoms with van der Waals surface area (Å²) in [4.78, 5) is 24.1. The summed E-state index contributed by atoms with van der Waals surface area (Å²) >= 11 is 0. The van der Waals surface area contributed by atoms with Crippen LogP contribution >= 0.6 is 0 Å². The van der Waals surface area contributed by atoms with Gasteiger partial charge >= 0.3 is 5.97 Å². The van der Waals surface area contributed by atoms with Gasteiger partial charge in [-0.05, 0) is 13.5 Å². The number of carboxylic acid groups (broad SMARTS) is 1. The van der Waals surface area contributed by atoms with Gasteiger partial charge in [-0.1, -0.05) is 13.8 Å². The summed E-state index contributed by atoms with van der Waals surface area (Å²) in [6.45, 7) is 7.84. The molecule has 18 heavy (non-hydrogen) atoms. The van der Waals surface area contributed by atoms with Crippen molar-refractivity contribution in [2.75, 3.05) is 32.8 Å². The zero-order chi connectivity index (χ0) is 13.8. The van der Waals surface area contributed by atoms with Crippen molar-refractivity contribution in [3.63, 3.8) is 0 Å². The van der Waals surface area contributed by atoms with Crippen LogP contribution in [0.1, 0.15) is 20.8 Å². The second-order valence-electron chi connectivity index (χ2n) is 5.04. The highest BCUT2D eigenvalue weighted by molar-refractivity contribution is 5.80. The van der Waals surface area contributed by atoms with Crippen molar-refractivity contribution in [3.8, 4) is 0 Å². The van der Waals surface area contributed by atoms with Gasteiger partial charge in [0.25, 0.3) is 0 Å². The Kier molecular flexibility index (Phi) is 5.10. The smallest absolute Gasteiger partial charge is 0.329 e. The fraction of sp³-hybridized carbons (Fsp3) is 0.833. The summed E-state index contributed by atoms with van der Waals surface area (Å²) in [5, 5.41) is 11.7. The number of likely N-dealkylation sites (tertiary alicyclic amines) is 1. The summed E-state index contributed by atoms with van der Waals surface area (Å²) in [6.07, 6.45) is 0. The number of carbonyl (C=O) groups is 2. The second-order valence-corrected chi connectivity index (χ2v) is 5.04. The maximum atomic E-state index is 12.0. The third-order valence-electron chi connectivity index (χ3n) is 3.03. The zero-order valence-corrected chi connectivity index (χ0v) is 11.2. The summed E-state index contributed by atoms with van der Waals surface area (Å²) in [6, 6.07) is 0. The van der Waals surface area contributed by atoms with Gasteiger partial charge in [0.05, 0.1) is 13.1 Å². The molecule has 0 aromatic rings. The molecule has 104 valence electrons. The molecule has 0 bridgehead atoms. The van der Waals surface area contributed by atoms with E-state index in [1.807, 2.05) is 20.8 Å². The Hall–Kier alpha value is -1.14. The highest BCUT2D eigenvalue weighted by atomic mass is 16.5. The maximum Gasteiger partial charge on any atom is 0.329 e. The number of aliphatic carboxylic acids is 1. The number of carboxylic acids is 1. The monoisotopic (exact) mass is 258 g/mol. The van der Waals surface area contributed by atoms with Crippen LogP contribution in [0, 0.1) is 5.92 Å². The Balaban J connectivity index is 2.32. The summed E-state index contributed by atoms with van der Waals surface area (Å²) < 4.78 is 5.26. The van der Waals surface area contributed by atoms with Gasteiger partial charge in [-0.15, -0.1) is 0 Å². The molecule has 0 aromatic carbocycles. The van der Waals surface area contributed by atoms with Crippen molar-refractivity contribution in [3.05, 3.63) is 0 Å². The Morgan fingerprint density at radius 1 is 1.50 bits per heavy atom. The van der Waals surface area contributed by atoms with Crippen LogP contribution in [0.5, 0.6) is 0 Å². The molecule has 1 aliphatic rings. The fourth-order valence-electron chi connectivity index (χ4n) is 2.00. The van der Waals surface area contributed by atoms with Gasteiger partial charge in [0.1, 0.15) is 12.2 Å². The Labute approximate surface area is 107 Å². The number of hydrogen-bond acceptors (Lipinski definition) is 4. The molecule has 1 unspecified atom stereocenters. The average molecular weight is 258 g/mol. The molecule has 6 heteroatoms. The molecular formula is C12H22N2O4. The quantitative estimate of drug-likeness (QED) is 0.668.